The van der Waals surface area contributed by atoms with Crippen molar-refractivity contribution in [3.63, 3.8) is 0 Å². The molecule has 0 radical (unpaired) electrons. The number of nitrogens with one attached hydrogen (secondary N) is 2. The number of amides is 1. The molecule has 2 rings (SSSR count). The van der Waals surface area contributed by atoms with Crippen LogP contribution >= 0.6 is 0 Å². The molecule has 1 aromatic carbocycles. The lowest BCUT2D eigenvalue weighted by atomic mass is 10.1. The molecular weight excluding hydrogens is 338 g/mol. The molecule has 0 bridgehead atoms. The van der Waals surface area contributed by atoms with Crippen LogP contribution in [0.5, 0.6) is 0 Å². The third kappa shape index (κ3) is 7.21. The first-order valence-corrected chi connectivity index (χ1v) is 10.1. The van der Waals surface area contributed by atoms with Crippen LogP contribution in [0.2, 0.25) is 0 Å². The van der Waals surface area contributed by atoms with Gasteiger partial charge in [0.2, 0.25) is 5.91 Å². The minimum atomic E-state index is 0.107. The summed E-state index contributed by atoms with van der Waals surface area (Å²) in [5.74, 6) is 1.06. The summed E-state index contributed by atoms with van der Waals surface area (Å²) >= 11 is 0. The molecule has 6 heteroatoms. The van der Waals surface area contributed by atoms with Crippen LogP contribution in [0, 0.1) is 0 Å². The first-order chi connectivity index (χ1) is 13.0. The smallest absolute Gasteiger partial charge is 0.234 e. The largest absolute Gasteiger partial charge is 0.356 e. The molecule has 0 saturated carbocycles. The standard InChI is InChI=1S/C21H35N5O/c1-5-18-6-8-19(9-7-18)10-11-23-21(22-4)26-14-12-25(13-15-26)16-20(27)24-17(2)3/h6-9,17H,5,10-16H2,1-4H3,(H,22,23)(H,24,27). The molecule has 6 nitrogen and oxygen atoms in total. The molecule has 0 aromatic heterocycles. The summed E-state index contributed by atoms with van der Waals surface area (Å²) in [4.78, 5) is 20.8. The minimum Gasteiger partial charge on any atom is -0.356 e. The van der Waals surface area contributed by atoms with Crippen LogP contribution in [-0.4, -0.2) is 74.0 Å². The summed E-state index contributed by atoms with van der Waals surface area (Å²) < 4.78 is 0. The molecule has 0 unspecified atom stereocenters. The fraction of sp³-hybridized carbons (Fsp3) is 0.619. The molecule has 1 amide bonds. The van der Waals surface area contributed by atoms with Gasteiger partial charge in [0.25, 0.3) is 0 Å². The van der Waals surface area contributed by atoms with Crippen molar-refractivity contribution >= 4 is 11.9 Å². The van der Waals surface area contributed by atoms with Crippen molar-refractivity contribution < 1.29 is 4.79 Å². The van der Waals surface area contributed by atoms with E-state index >= 15 is 0 Å². The van der Waals surface area contributed by atoms with Gasteiger partial charge in [0, 0.05) is 45.8 Å². The number of aryl methyl sites for hydroxylation is 1. The zero-order chi connectivity index (χ0) is 19.6. The number of nitrogens with zero attached hydrogens (tertiary/aromatic N) is 3. The monoisotopic (exact) mass is 373 g/mol. The fourth-order valence-electron chi connectivity index (χ4n) is 3.28. The Morgan fingerprint density at radius 1 is 1.11 bits per heavy atom. The van der Waals surface area contributed by atoms with Crippen LogP contribution in [0.15, 0.2) is 29.3 Å². The molecule has 0 aliphatic carbocycles. The predicted octanol–water partition coefficient (Wildman–Crippen LogP) is 1.51. The van der Waals surface area contributed by atoms with E-state index in [4.69, 9.17) is 0 Å². The van der Waals surface area contributed by atoms with E-state index in [0.29, 0.717) is 6.54 Å². The van der Waals surface area contributed by atoms with Crippen LogP contribution < -0.4 is 10.6 Å². The average molecular weight is 374 g/mol. The molecule has 1 saturated heterocycles. The van der Waals surface area contributed by atoms with Gasteiger partial charge in [-0.2, -0.15) is 0 Å². The van der Waals surface area contributed by atoms with Crippen molar-refractivity contribution in [1.82, 2.24) is 20.4 Å². The van der Waals surface area contributed by atoms with Gasteiger partial charge in [-0.1, -0.05) is 31.2 Å². The number of benzene rings is 1. The van der Waals surface area contributed by atoms with Crippen molar-refractivity contribution in [3.05, 3.63) is 35.4 Å². The second kappa shape index (κ2) is 10.9. The van der Waals surface area contributed by atoms with E-state index in [-0.39, 0.29) is 11.9 Å². The van der Waals surface area contributed by atoms with Crippen molar-refractivity contribution in [2.24, 2.45) is 4.99 Å². The van der Waals surface area contributed by atoms with Gasteiger partial charge in [0.15, 0.2) is 5.96 Å². The Bertz CT molecular complexity index is 604. The zero-order valence-electron chi connectivity index (χ0n) is 17.3. The predicted molar refractivity (Wildman–Crippen MR) is 112 cm³/mol. The number of guanidine groups is 1. The second-order valence-electron chi connectivity index (χ2n) is 7.38. The molecule has 27 heavy (non-hydrogen) atoms. The highest BCUT2D eigenvalue weighted by atomic mass is 16.2. The van der Waals surface area contributed by atoms with E-state index < -0.39 is 0 Å². The molecule has 150 valence electrons. The zero-order valence-corrected chi connectivity index (χ0v) is 17.3. The number of hydrogen-bond acceptors (Lipinski definition) is 3. The van der Waals surface area contributed by atoms with Gasteiger partial charge in [0.1, 0.15) is 0 Å². The van der Waals surface area contributed by atoms with Gasteiger partial charge < -0.3 is 15.5 Å². The van der Waals surface area contributed by atoms with Crippen LogP contribution in [0.4, 0.5) is 0 Å². The molecule has 0 atom stereocenters. The Kier molecular flexibility index (Phi) is 8.58. The summed E-state index contributed by atoms with van der Waals surface area (Å²) in [5, 5.41) is 6.43. The van der Waals surface area contributed by atoms with Gasteiger partial charge in [-0.05, 0) is 37.8 Å². The maximum absolute atomic E-state index is 11.9. The molecule has 1 aliphatic rings. The number of hydrogen-bond donors (Lipinski definition) is 2. The summed E-state index contributed by atoms with van der Waals surface area (Å²) in [6.45, 7) is 11.0. The molecule has 0 spiro atoms. The Morgan fingerprint density at radius 3 is 2.30 bits per heavy atom. The Labute approximate surface area is 164 Å². The summed E-state index contributed by atoms with van der Waals surface area (Å²) in [6, 6.07) is 9.03. The highest BCUT2D eigenvalue weighted by Gasteiger charge is 2.21. The molecule has 1 aromatic rings. The first kappa shape index (κ1) is 21.2. The number of piperazine rings is 1. The first-order valence-electron chi connectivity index (χ1n) is 10.1. The number of carbonyl (C=O) groups is 1. The minimum absolute atomic E-state index is 0.107. The van der Waals surface area contributed by atoms with E-state index in [1.807, 2.05) is 20.9 Å². The molecule has 2 N–H and O–H groups in total. The van der Waals surface area contributed by atoms with Crippen LogP contribution in [0.1, 0.15) is 31.9 Å². The molecule has 1 fully saturated rings. The lowest BCUT2D eigenvalue weighted by Crippen LogP contribution is -2.54. The van der Waals surface area contributed by atoms with E-state index in [0.717, 1.165) is 51.5 Å². The normalized spacial score (nSPS) is 15.9. The van der Waals surface area contributed by atoms with Crippen molar-refractivity contribution in [3.8, 4) is 0 Å². The molecule has 1 heterocycles. The van der Waals surface area contributed by atoms with E-state index in [9.17, 15) is 4.79 Å². The van der Waals surface area contributed by atoms with E-state index in [2.05, 4.69) is 56.6 Å². The lowest BCUT2D eigenvalue weighted by molar-refractivity contribution is -0.123. The molecule has 1 aliphatic heterocycles. The maximum Gasteiger partial charge on any atom is 0.234 e. The van der Waals surface area contributed by atoms with Crippen molar-refractivity contribution in [1.29, 1.82) is 0 Å². The number of rotatable bonds is 7. The van der Waals surface area contributed by atoms with E-state index in [1.165, 1.54) is 11.1 Å². The van der Waals surface area contributed by atoms with Gasteiger partial charge >= 0.3 is 0 Å². The third-order valence-corrected chi connectivity index (χ3v) is 4.83. The van der Waals surface area contributed by atoms with Crippen LogP contribution in [0.25, 0.3) is 0 Å². The Balaban J connectivity index is 1.72. The van der Waals surface area contributed by atoms with Crippen LogP contribution in [-0.2, 0) is 17.6 Å². The average Bonchev–Trinajstić information content (AvgIpc) is 2.66. The SMILES string of the molecule is CCc1ccc(CCNC(=NC)N2CCN(CC(=O)NC(C)C)CC2)cc1. The quantitative estimate of drug-likeness (QED) is 0.562. The van der Waals surface area contributed by atoms with Crippen molar-refractivity contribution in [2.75, 3.05) is 46.3 Å². The third-order valence-electron chi connectivity index (χ3n) is 4.83. The lowest BCUT2D eigenvalue weighted by Gasteiger charge is -2.36. The highest BCUT2D eigenvalue weighted by Crippen LogP contribution is 2.06. The number of aliphatic imine (C=N–C) groups is 1. The van der Waals surface area contributed by atoms with E-state index in [1.54, 1.807) is 0 Å². The van der Waals surface area contributed by atoms with Crippen LogP contribution in [0.3, 0.4) is 0 Å². The van der Waals surface area contributed by atoms with Gasteiger partial charge in [-0.25, -0.2) is 0 Å². The number of carbonyl (C=O) groups excluding carboxylic acids is 1. The van der Waals surface area contributed by atoms with Crippen molar-refractivity contribution in [2.45, 2.75) is 39.7 Å². The second-order valence-corrected chi connectivity index (χ2v) is 7.38. The summed E-state index contributed by atoms with van der Waals surface area (Å²) in [5.41, 5.74) is 2.72. The van der Waals surface area contributed by atoms with Gasteiger partial charge in [0.05, 0.1) is 6.54 Å². The molecular formula is C21H35N5O. The summed E-state index contributed by atoms with van der Waals surface area (Å²) in [6.07, 6.45) is 2.06. The van der Waals surface area contributed by atoms with Gasteiger partial charge in [-0.15, -0.1) is 0 Å². The Hall–Kier alpha value is -2.08. The topological polar surface area (TPSA) is 60.0 Å². The maximum atomic E-state index is 11.9. The van der Waals surface area contributed by atoms with Gasteiger partial charge in [-0.3, -0.25) is 14.7 Å². The highest BCUT2D eigenvalue weighted by molar-refractivity contribution is 5.80. The fourth-order valence-corrected chi connectivity index (χ4v) is 3.28. The Morgan fingerprint density at radius 2 is 1.74 bits per heavy atom. The summed E-state index contributed by atoms with van der Waals surface area (Å²) in [7, 11) is 1.83.